The summed E-state index contributed by atoms with van der Waals surface area (Å²) < 4.78 is 4.43. The molecule has 0 saturated carbocycles. The van der Waals surface area contributed by atoms with Gasteiger partial charge in [0.25, 0.3) is 0 Å². The van der Waals surface area contributed by atoms with E-state index in [4.69, 9.17) is 0 Å². The van der Waals surface area contributed by atoms with Crippen molar-refractivity contribution in [3.63, 3.8) is 0 Å². The topological polar surface area (TPSA) is 58.1 Å². The summed E-state index contributed by atoms with van der Waals surface area (Å²) in [6, 6.07) is 18.3. The summed E-state index contributed by atoms with van der Waals surface area (Å²) in [6.45, 7) is 4.30. The van der Waals surface area contributed by atoms with Crippen LogP contribution in [-0.2, 0) is 11.2 Å². The Balaban J connectivity index is 1.55. The molecule has 3 rings (SSSR count). The van der Waals surface area contributed by atoms with Crippen molar-refractivity contribution in [2.45, 2.75) is 26.3 Å². The van der Waals surface area contributed by atoms with Gasteiger partial charge in [0.1, 0.15) is 5.82 Å². The Morgan fingerprint density at radius 1 is 1.15 bits per heavy atom. The van der Waals surface area contributed by atoms with E-state index in [9.17, 15) is 4.79 Å². The lowest BCUT2D eigenvalue weighted by Crippen LogP contribution is -2.36. The third-order valence-electron chi connectivity index (χ3n) is 4.32. The van der Waals surface area contributed by atoms with Crippen LogP contribution >= 0.6 is 11.5 Å². The largest absolute Gasteiger partial charge is 0.348 e. The summed E-state index contributed by atoms with van der Waals surface area (Å²) in [4.78, 5) is 18.8. The van der Waals surface area contributed by atoms with Crippen LogP contribution < -0.4 is 10.2 Å². The molecule has 1 aromatic heterocycles. The van der Waals surface area contributed by atoms with Gasteiger partial charge in [0.15, 0.2) is 0 Å². The van der Waals surface area contributed by atoms with Gasteiger partial charge in [-0.3, -0.25) is 4.79 Å². The Morgan fingerprint density at radius 2 is 1.85 bits per heavy atom. The Bertz CT molecular complexity index is 877. The predicted molar refractivity (Wildman–Crippen MR) is 110 cm³/mol. The fourth-order valence-corrected chi connectivity index (χ4v) is 3.40. The molecule has 0 radical (unpaired) electrons. The molecule has 1 N–H and O–H groups in total. The van der Waals surface area contributed by atoms with Gasteiger partial charge in [-0.05, 0) is 25.0 Å². The number of benzene rings is 2. The van der Waals surface area contributed by atoms with Gasteiger partial charge in [0, 0.05) is 25.0 Å². The molecule has 0 aliphatic rings. The number of hydrogen-bond acceptors (Lipinski definition) is 5. The summed E-state index contributed by atoms with van der Waals surface area (Å²) in [5.74, 6) is 0.743. The van der Waals surface area contributed by atoms with Crippen LogP contribution in [0.5, 0.6) is 0 Å². The highest BCUT2D eigenvalue weighted by molar-refractivity contribution is 7.09. The van der Waals surface area contributed by atoms with Gasteiger partial charge in [0.2, 0.25) is 11.0 Å². The lowest BCUT2D eigenvalue weighted by molar-refractivity contribution is -0.120. The van der Waals surface area contributed by atoms with E-state index in [1.165, 1.54) is 22.7 Å². The van der Waals surface area contributed by atoms with Crippen LogP contribution in [0.15, 0.2) is 54.6 Å². The van der Waals surface area contributed by atoms with E-state index >= 15 is 0 Å². The fourth-order valence-electron chi connectivity index (χ4n) is 2.76. The number of aromatic nitrogens is 2. The molecule has 1 amide bonds. The lowest BCUT2D eigenvalue weighted by atomic mass is 10.1. The van der Waals surface area contributed by atoms with Gasteiger partial charge in [0.05, 0.1) is 12.6 Å². The molecule has 0 aliphatic heterocycles. The monoisotopic (exact) mass is 380 g/mol. The molecule has 6 heteroatoms. The van der Waals surface area contributed by atoms with Crippen molar-refractivity contribution >= 4 is 22.6 Å². The first kappa shape index (κ1) is 19.0. The van der Waals surface area contributed by atoms with Crippen molar-refractivity contribution in [3.05, 3.63) is 77.1 Å². The Kier molecular flexibility index (Phi) is 6.19. The lowest BCUT2D eigenvalue weighted by Gasteiger charge is -2.18. The first-order valence-corrected chi connectivity index (χ1v) is 9.72. The Morgan fingerprint density at radius 3 is 2.56 bits per heavy atom. The van der Waals surface area contributed by atoms with Crippen molar-refractivity contribution in [2.24, 2.45) is 0 Å². The van der Waals surface area contributed by atoms with Crippen LogP contribution in [0.2, 0.25) is 0 Å². The molecule has 1 heterocycles. The van der Waals surface area contributed by atoms with E-state index < -0.39 is 0 Å². The molecule has 3 aromatic rings. The van der Waals surface area contributed by atoms with Gasteiger partial charge >= 0.3 is 0 Å². The number of carbonyl (C=O) groups excluding carboxylic acids is 1. The third-order valence-corrected chi connectivity index (χ3v) is 5.19. The van der Waals surface area contributed by atoms with Crippen LogP contribution in [-0.4, -0.2) is 28.9 Å². The first-order chi connectivity index (χ1) is 13.0. The van der Waals surface area contributed by atoms with Crippen LogP contribution in [0.3, 0.4) is 0 Å². The number of anilines is 1. The van der Waals surface area contributed by atoms with Crippen LogP contribution in [0, 0.1) is 6.92 Å². The maximum atomic E-state index is 12.3. The zero-order valence-corrected chi connectivity index (χ0v) is 16.7. The maximum absolute atomic E-state index is 12.3. The molecule has 1 unspecified atom stereocenters. The van der Waals surface area contributed by atoms with Crippen molar-refractivity contribution < 1.29 is 4.79 Å². The molecule has 0 aliphatic carbocycles. The Hall–Kier alpha value is -2.73. The SMILES string of the molecule is Cc1ccc(Cc2nsc(N(C)CC(=O)NC(C)c3ccccc3)n2)cc1. The summed E-state index contributed by atoms with van der Waals surface area (Å²) in [5, 5.41) is 3.77. The highest BCUT2D eigenvalue weighted by atomic mass is 32.1. The second-order valence-electron chi connectivity index (χ2n) is 6.71. The predicted octanol–water partition coefficient (Wildman–Crippen LogP) is 3.75. The number of likely N-dealkylation sites (N-methyl/N-ethyl adjacent to an activating group) is 1. The highest BCUT2D eigenvalue weighted by Crippen LogP contribution is 2.18. The van der Waals surface area contributed by atoms with E-state index in [0.717, 1.165) is 16.5 Å². The third kappa shape index (κ3) is 5.37. The number of hydrogen-bond donors (Lipinski definition) is 1. The average Bonchev–Trinajstić information content (AvgIpc) is 3.13. The molecule has 27 heavy (non-hydrogen) atoms. The van der Waals surface area contributed by atoms with Crippen molar-refractivity contribution in [2.75, 3.05) is 18.5 Å². The molecule has 5 nitrogen and oxygen atoms in total. The van der Waals surface area contributed by atoms with Crippen molar-refractivity contribution in [1.82, 2.24) is 14.7 Å². The summed E-state index contributed by atoms with van der Waals surface area (Å²) >= 11 is 1.32. The minimum atomic E-state index is -0.0378. The molecular weight excluding hydrogens is 356 g/mol. The van der Waals surface area contributed by atoms with Crippen molar-refractivity contribution in [3.8, 4) is 0 Å². The van der Waals surface area contributed by atoms with Gasteiger partial charge in [-0.1, -0.05) is 60.2 Å². The van der Waals surface area contributed by atoms with Crippen LogP contribution in [0.25, 0.3) is 0 Å². The normalized spacial score (nSPS) is 11.8. The molecule has 0 bridgehead atoms. The van der Waals surface area contributed by atoms with Crippen LogP contribution in [0.1, 0.15) is 35.5 Å². The van der Waals surface area contributed by atoms with Crippen molar-refractivity contribution in [1.29, 1.82) is 0 Å². The molecule has 1 atom stereocenters. The van der Waals surface area contributed by atoms with Gasteiger partial charge in [-0.25, -0.2) is 4.98 Å². The minimum Gasteiger partial charge on any atom is -0.348 e. The summed E-state index contributed by atoms with van der Waals surface area (Å²) in [6.07, 6.45) is 0.696. The fraction of sp³-hybridized carbons (Fsp3) is 0.286. The van der Waals surface area contributed by atoms with Gasteiger partial charge in [-0.15, -0.1) is 0 Å². The number of rotatable bonds is 7. The first-order valence-electron chi connectivity index (χ1n) is 8.95. The highest BCUT2D eigenvalue weighted by Gasteiger charge is 2.15. The molecule has 0 spiro atoms. The quantitative estimate of drug-likeness (QED) is 0.678. The molecule has 2 aromatic carbocycles. The minimum absolute atomic E-state index is 0.0291. The van der Waals surface area contributed by atoms with Gasteiger partial charge < -0.3 is 10.2 Å². The Labute approximate surface area is 164 Å². The molecule has 0 saturated heterocycles. The average molecular weight is 381 g/mol. The standard InChI is InChI=1S/C21H24N4OS/c1-15-9-11-17(12-10-15)13-19-23-21(27-24-19)25(3)14-20(26)22-16(2)18-7-5-4-6-8-18/h4-12,16H,13-14H2,1-3H3,(H,22,26). The van der Waals surface area contributed by atoms with E-state index in [1.807, 2.05) is 49.2 Å². The maximum Gasteiger partial charge on any atom is 0.240 e. The zero-order valence-electron chi connectivity index (χ0n) is 15.8. The number of nitrogens with one attached hydrogen (secondary N) is 1. The molecule has 0 fully saturated rings. The van der Waals surface area contributed by atoms with E-state index in [-0.39, 0.29) is 18.5 Å². The molecule has 140 valence electrons. The number of amides is 1. The van der Waals surface area contributed by atoms with E-state index in [1.54, 1.807) is 0 Å². The summed E-state index contributed by atoms with van der Waals surface area (Å²) in [7, 11) is 1.86. The van der Waals surface area contributed by atoms with Gasteiger partial charge in [-0.2, -0.15) is 4.37 Å². The molecular formula is C21H24N4OS. The smallest absolute Gasteiger partial charge is 0.240 e. The number of aryl methyl sites for hydroxylation is 1. The van der Waals surface area contributed by atoms with Crippen LogP contribution in [0.4, 0.5) is 5.13 Å². The summed E-state index contributed by atoms with van der Waals surface area (Å²) in [5.41, 5.74) is 3.51. The second-order valence-corrected chi connectivity index (χ2v) is 7.44. The number of nitrogens with zero attached hydrogens (tertiary/aromatic N) is 3. The van der Waals surface area contributed by atoms with E-state index in [0.29, 0.717) is 6.42 Å². The zero-order chi connectivity index (χ0) is 19.2. The van der Waals surface area contributed by atoms with E-state index in [2.05, 4.69) is 45.9 Å². The number of carbonyl (C=O) groups is 1. The second kappa shape index (κ2) is 8.77.